The van der Waals surface area contributed by atoms with Gasteiger partial charge >= 0.3 is 0 Å². The van der Waals surface area contributed by atoms with Crippen LogP contribution in [0.15, 0.2) is 28.7 Å². The van der Waals surface area contributed by atoms with Gasteiger partial charge in [0, 0.05) is 12.0 Å². The van der Waals surface area contributed by atoms with Crippen molar-refractivity contribution in [1.82, 2.24) is 4.98 Å². The lowest BCUT2D eigenvalue weighted by Crippen LogP contribution is -2.04. The van der Waals surface area contributed by atoms with Gasteiger partial charge in [-0.1, -0.05) is 31.2 Å². The number of benzene rings is 1. The number of rotatable bonds is 4. The van der Waals surface area contributed by atoms with Crippen LogP contribution < -0.4 is 11.5 Å². The van der Waals surface area contributed by atoms with Crippen molar-refractivity contribution in [2.24, 2.45) is 5.73 Å². The fourth-order valence-corrected chi connectivity index (χ4v) is 1.94. The van der Waals surface area contributed by atoms with E-state index in [-0.39, 0.29) is 6.01 Å². The van der Waals surface area contributed by atoms with Crippen molar-refractivity contribution in [3.8, 4) is 11.3 Å². The summed E-state index contributed by atoms with van der Waals surface area (Å²) in [5.41, 5.74) is 14.3. The zero-order chi connectivity index (χ0) is 12.3. The second kappa shape index (κ2) is 5.01. The third-order valence-corrected chi connectivity index (χ3v) is 2.72. The number of oxazole rings is 1. The van der Waals surface area contributed by atoms with Gasteiger partial charge in [0.15, 0.2) is 0 Å². The number of nitrogens with zero attached hydrogens (tertiary/aromatic N) is 1. The van der Waals surface area contributed by atoms with Gasteiger partial charge in [-0.05, 0) is 18.5 Å². The molecule has 0 amide bonds. The predicted octanol–water partition coefficient (Wildman–Crippen LogP) is 1.99. The summed E-state index contributed by atoms with van der Waals surface area (Å²) in [7, 11) is 0. The number of nitrogen functional groups attached to an aromatic ring is 1. The molecule has 4 N–H and O–H groups in total. The van der Waals surface area contributed by atoms with Crippen LogP contribution in [-0.2, 0) is 12.8 Å². The Hall–Kier alpha value is -1.81. The van der Waals surface area contributed by atoms with Gasteiger partial charge in [0.05, 0.1) is 0 Å². The molecule has 2 rings (SSSR count). The molecule has 1 aromatic heterocycles. The summed E-state index contributed by atoms with van der Waals surface area (Å²) in [5.74, 6) is 0.826. The summed E-state index contributed by atoms with van der Waals surface area (Å²) in [4.78, 5) is 4.26. The van der Waals surface area contributed by atoms with E-state index in [1.807, 2.05) is 25.1 Å². The highest BCUT2D eigenvalue weighted by Crippen LogP contribution is 2.28. The Morgan fingerprint density at radius 2 is 2.06 bits per heavy atom. The van der Waals surface area contributed by atoms with Crippen molar-refractivity contribution in [2.75, 3.05) is 12.3 Å². The summed E-state index contributed by atoms with van der Waals surface area (Å²) in [6.07, 6.45) is 1.60. The van der Waals surface area contributed by atoms with E-state index < -0.39 is 0 Å². The molecule has 0 atom stereocenters. The monoisotopic (exact) mass is 231 g/mol. The van der Waals surface area contributed by atoms with Crippen LogP contribution in [0.1, 0.15) is 18.2 Å². The maximum atomic E-state index is 5.61. The highest BCUT2D eigenvalue weighted by Gasteiger charge is 2.14. The van der Waals surface area contributed by atoms with Crippen LogP contribution in [0.2, 0.25) is 0 Å². The van der Waals surface area contributed by atoms with Gasteiger partial charge in [-0.2, -0.15) is 4.98 Å². The zero-order valence-electron chi connectivity index (χ0n) is 9.94. The second-order valence-electron chi connectivity index (χ2n) is 3.87. The van der Waals surface area contributed by atoms with Crippen LogP contribution in [0, 0.1) is 0 Å². The highest BCUT2D eigenvalue weighted by molar-refractivity contribution is 5.66. The zero-order valence-corrected chi connectivity index (χ0v) is 9.94. The average Bonchev–Trinajstić information content (AvgIpc) is 2.71. The minimum Gasteiger partial charge on any atom is -0.428 e. The van der Waals surface area contributed by atoms with Crippen LogP contribution in [0.3, 0.4) is 0 Å². The number of aromatic nitrogens is 1. The van der Waals surface area contributed by atoms with Crippen molar-refractivity contribution in [3.05, 3.63) is 35.6 Å². The molecular formula is C13H17N3O. The maximum absolute atomic E-state index is 5.61. The van der Waals surface area contributed by atoms with E-state index in [1.165, 1.54) is 5.56 Å². The SMILES string of the molecule is CCc1oc(N)nc1-c1ccccc1CCN. The van der Waals surface area contributed by atoms with Gasteiger partial charge in [0.25, 0.3) is 6.01 Å². The second-order valence-corrected chi connectivity index (χ2v) is 3.87. The molecule has 2 aromatic rings. The van der Waals surface area contributed by atoms with Crippen molar-refractivity contribution in [3.63, 3.8) is 0 Å². The van der Waals surface area contributed by atoms with E-state index in [9.17, 15) is 0 Å². The normalized spacial score (nSPS) is 10.7. The Kier molecular flexibility index (Phi) is 3.44. The quantitative estimate of drug-likeness (QED) is 0.843. The fourth-order valence-electron chi connectivity index (χ4n) is 1.94. The molecular weight excluding hydrogens is 214 g/mol. The summed E-state index contributed by atoms with van der Waals surface area (Å²) in [6.45, 7) is 2.64. The summed E-state index contributed by atoms with van der Waals surface area (Å²) >= 11 is 0. The van der Waals surface area contributed by atoms with Crippen LogP contribution in [0.4, 0.5) is 6.01 Å². The highest BCUT2D eigenvalue weighted by atomic mass is 16.4. The van der Waals surface area contributed by atoms with E-state index in [1.54, 1.807) is 0 Å². The molecule has 1 aromatic carbocycles. The lowest BCUT2D eigenvalue weighted by Gasteiger charge is -2.06. The first-order valence-electron chi connectivity index (χ1n) is 5.79. The Morgan fingerprint density at radius 1 is 1.29 bits per heavy atom. The molecule has 0 aliphatic carbocycles. The summed E-state index contributed by atoms with van der Waals surface area (Å²) in [6, 6.07) is 8.30. The van der Waals surface area contributed by atoms with Gasteiger partial charge in [0.1, 0.15) is 11.5 Å². The molecule has 0 aliphatic rings. The van der Waals surface area contributed by atoms with E-state index in [0.29, 0.717) is 6.54 Å². The maximum Gasteiger partial charge on any atom is 0.292 e. The van der Waals surface area contributed by atoms with Gasteiger partial charge in [-0.15, -0.1) is 0 Å². The largest absolute Gasteiger partial charge is 0.428 e. The van der Waals surface area contributed by atoms with E-state index in [2.05, 4.69) is 11.1 Å². The lowest BCUT2D eigenvalue weighted by molar-refractivity contribution is 0.530. The number of aryl methyl sites for hydroxylation is 1. The van der Waals surface area contributed by atoms with E-state index >= 15 is 0 Å². The molecule has 0 saturated carbocycles. The molecule has 0 spiro atoms. The molecule has 4 nitrogen and oxygen atoms in total. The minimum absolute atomic E-state index is 0.222. The third-order valence-electron chi connectivity index (χ3n) is 2.72. The average molecular weight is 231 g/mol. The van der Waals surface area contributed by atoms with Gasteiger partial charge in [0.2, 0.25) is 0 Å². The number of nitrogens with two attached hydrogens (primary N) is 2. The fraction of sp³-hybridized carbons (Fsp3) is 0.308. The third kappa shape index (κ3) is 2.31. The molecule has 0 fully saturated rings. The molecule has 0 aliphatic heterocycles. The van der Waals surface area contributed by atoms with Gasteiger partial charge in [-0.25, -0.2) is 0 Å². The van der Waals surface area contributed by atoms with Crippen LogP contribution in [0.25, 0.3) is 11.3 Å². The topological polar surface area (TPSA) is 78.1 Å². The minimum atomic E-state index is 0.222. The first-order chi connectivity index (χ1) is 8.26. The standard InChI is InChI=1S/C13H17N3O/c1-2-11-12(16-13(15)17-11)10-6-4-3-5-9(10)7-8-14/h3-6H,2,7-8,14H2,1H3,(H2,15,16). The molecule has 90 valence electrons. The first-order valence-corrected chi connectivity index (χ1v) is 5.79. The van der Waals surface area contributed by atoms with Crippen LogP contribution >= 0.6 is 0 Å². The smallest absolute Gasteiger partial charge is 0.292 e. The van der Waals surface area contributed by atoms with Crippen LogP contribution in [-0.4, -0.2) is 11.5 Å². The van der Waals surface area contributed by atoms with Gasteiger partial charge in [-0.3, -0.25) is 0 Å². The Balaban J connectivity index is 2.51. The molecule has 0 radical (unpaired) electrons. The predicted molar refractivity (Wildman–Crippen MR) is 68.5 cm³/mol. The first kappa shape index (κ1) is 11.7. The van der Waals surface area contributed by atoms with Crippen molar-refractivity contribution in [2.45, 2.75) is 19.8 Å². The van der Waals surface area contributed by atoms with Crippen LogP contribution in [0.5, 0.6) is 0 Å². The van der Waals surface area contributed by atoms with E-state index in [4.69, 9.17) is 15.9 Å². The molecule has 0 bridgehead atoms. The number of hydrogen-bond donors (Lipinski definition) is 2. The lowest BCUT2D eigenvalue weighted by atomic mass is 10.0. The molecule has 17 heavy (non-hydrogen) atoms. The Labute approximate surface area is 101 Å². The molecule has 0 unspecified atom stereocenters. The van der Waals surface area contributed by atoms with Crippen molar-refractivity contribution >= 4 is 6.01 Å². The molecule has 4 heteroatoms. The summed E-state index contributed by atoms with van der Waals surface area (Å²) in [5, 5.41) is 0. The summed E-state index contributed by atoms with van der Waals surface area (Å²) < 4.78 is 5.39. The van der Waals surface area contributed by atoms with Crippen molar-refractivity contribution < 1.29 is 4.42 Å². The molecule has 1 heterocycles. The Morgan fingerprint density at radius 3 is 2.76 bits per heavy atom. The van der Waals surface area contributed by atoms with E-state index in [0.717, 1.165) is 29.9 Å². The number of hydrogen-bond acceptors (Lipinski definition) is 4. The van der Waals surface area contributed by atoms with Crippen molar-refractivity contribution in [1.29, 1.82) is 0 Å². The number of anilines is 1. The Bertz CT molecular complexity index is 505. The van der Waals surface area contributed by atoms with Gasteiger partial charge < -0.3 is 15.9 Å². The molecule has 0 saturated heterocycles.